The SMILES string of the molecule is CC(C)C(OCN)C(C)C. The van der Waals surface area contributed by atoms with Crippen LogP contribution >= 0.6 is 0 Å². The summed E-state index contributed by atoms with van der Waals surface area (Å²) in [6, 6.07) is 0. The van der Waals surface area contributed by atoms with Crippen LogP contribution in [-0.4, -0.2) is 12.8 Å². The van der Waals surface area contributed by atoms with E-state index in [2.05, 4.69) is 27.7 Å². The Morgan fingerprint density at radius 1 is 1.10 bits per heavy atom. The Balaban J connectivity index is 3.73. The molecule has 0 aromatic carbocycles. The third-order valence-electron chi connectivity index (χ3n) is 1.60. The zero-order valence-corrected chi connectivity index (χ0v) is 7.42. The van der Waals surface area contributed by atoms with Gasteiger partial charge in [-0.05, 0) is 11.8 Å². The smallest absolute Gasteiger partial charge is 0.0944 e. The normalized spacial score (nSPS) is 12.0. The van der Waals surface area contributed by atoms with Crippen molar-refractivity contribution in [3.8, 4) is 0 Å². The van der Waals surface area contributed by atoms with Crippen LogP contribution in [0.25, 0.3) is 0 Å². The standard InChI is InChI=1S/C8H19NO/c1-6(2)8(7(3)4)10-5-9/h6-8H,5,9H2,1-4H3. The minimum atomic E-state index is 0.310. The van der Waals surface area contributed by atoms with Crippen LogP contribution in [0.5, 0.6) is 0 Å². The van der Waals surface area contributed by atoms with E-state index in [-0.39, 0.29) is 0 Å². The number of hydrogen-bond acceptors (Lipinski definition) is 2. The zero-order chi connectivity index (χ0) is 8.15. The maximum absolute atomic E-state index is 5.34. The van der Waals surface area contributed by atoms with Crippen molar-refractivity contribution in [2.75, 3.05) is 6.73 Å². The average Bonchev–Trinajstić information content (AvgIpc) is 1.81. The van der Waals surface area contributed by atoms with Gasteiger partial charge in [-0.3, -0.25) is 0 Å². The Hall–Kier alpha value is -0.0800. The second-order valence-electron chi connectivity index (χ2n) is 3.29. The highest BCUT2D eigenvalue weighted by Gasteiger charge is 2.16. The summed E-state index contributed by atoms with van der Waals surface area (Å²) in [6.07, 6.45) is 0.310. The summed E-state index contributed by atoms with van der Waals surface area (Å²) in [5, 5.41) is 0. The predicted octanol–water partition coefficient (Wildman–Crippen LogP) is 1.60. The van der Waals surface area contributed by atoms with E-state index in [1.54, 1.807) is 0 Å². The van der Waals surface area contributed by atoms with Crippen LogP contribution in [0.4, 0.5) is 0 Å². The van der Waals surface area contributed by atoms with Gasteiger partial charge in [0.2, 0.25) is 0 Å². The van der Waals surface area contributed by atoms with Crippen LogP contribution in [0.15, 0.2) is 0 Å². The molecule has 0 aromatic heterocycles. The van der Waals surface area contributed by atoms with Crippen molar-refractivity contribution in [1.82, 2.24) is 0 Å². The molecule has 2 N–H and O–H groups in total. The van der Waals surface area contributed by atoms with E-state index in [0.29, 0.717) is 24.7 Å². The highest BCUT2D eigenvalue weighted by atomic mass is 16.5. The van der Waals surface area contributed by atoms with Crippen LogP contribution in [0.1, 0.15) is 27.7 Å². The van der Waals surface area contributed by atoms with Crippen LogP contribution in [0, 0.1) is 11.8 Å². The molecule has 0 atom stereocenters. The highest BCUT2D eigenvalue weighted by Crippen LogP contribution is 2.14. The van der Waals surface area contributed by atoms with Crippen LogP contribution < -0.4 is 5.73 Å². The molecular weight excluding hydrogens is 126 g/mol. The lowest BCUT2D eigenvalue weighted by Crippen LogP contribution is -2.28. The van der Waals surface area contributed by atoms with Gasteiger partial charge in [0.15, 0.2) is 0 Å². The first-order chi connectivity index (χ1) is 4.59. The van der Waals surface area contributed by atoms with Gasteiger partial charge in [0, 0.05) is 0 Å². The van der Waals surface area contributed by atoms with Crippen molar-refractivity contribution in [2.45, 2.75) is 33.8 Å². The van der Waals surface area contributed by atoms with Gasteiger partial charge in [-0.2, -0.15) is 0 Å². The molecule has 0 radical (unpaired) electrons. The lowest BCUT2D eigenvalue weighted by Gasteiger charge is -2.23. The Labute approximate surface area is 63.7 Å². The van der Waals surface area contributed by atoms with Crippen molar-refractivity contribution in [2.24, 2.45) is 17.6 Å². The maximum Gasteiger partial charge on any atom is 0.0944 e. The minimum Gasteiger partial charge on any atom is -0.363 e. The lowest BCUT2D eigenvalue weighted by molar-refractivity contribution is -0.00450. The molecule has 0 rings (SSSR count). The molecule has 10 heavy (non-hydrogen) atoms. The Morgan fingerprint density at radius 3 is 1.60 bits per heavy atom. The molecule has 2 heteroatoms. The molecule has 0 saturated heterocycles. The van der Waals surface area contributed by atoms with Crippen LogP contribution in [-0.2, 0) is 4.74 Å². The first-order valence-corrected chi connectivity index (χ1v) is 3.91. The summed E-state index contributed by atoms with van der Waals surface area (Å²) in [7, 11) is 0. The van der Waals surface area contributed by atoms with E-state index < -0.39 is 0 Å². The van der Waals surface area contributed by atoms with Gasteiger partial charge < -0.3 is 10.5 Å². The van der Waals surface area contributed by atoms with Gasteiger partial charge >= 0.3 is 0 Å². The number of hydrogen-bond donors (Lipinski definition) is 1. The summed E-state index contributed by atoms with van der Waals surface area (Å²) in [5.74, 6) is 1.12. The molecule has 0 bridgehead atoms. The van der Waals surface area contributed by atoms with E-state index in [1.807, 2.05) is 0 Å². The van der Waals surface area contributed by atoms with E-state index in [0.717, 1.165) is 0 Å². The Morgan fingerprint density at radius 2 is 1.50 bits per heavy atom. The molecule has 0 fully saturated rings. The number of ether oxygens (including phenoxy) is 1. The van der Waals surface area contributed by atoms with Gasteiger partial charge in [0.05, 0.1) is 12.8 Å². The highest BCUT2D eigenvalue weighted by molar-refractivity contribution is 4.65. The average molecular weight is 145 g/mol. The molecule has 0 unspecified atom stereocenters. The van der Waals surface area contributed by atoms with Gasteiger partial charge in [-0.1, -0.05) is 27.7 Å². The molecule has 0 aromatic rings. The molecule has 0 spiro atoms. The first-order valence-electron chi connectivity index (χ1n) is 3.91. The molecule has 0 amide bonds. The van der Waals surface area contributed by atoms with E-state index >= 15 is 0 Å². The second kappa shape index (κ2) is 4.69. The maximum atomic E-state index is 5.34. The van der Waals surface area contributed by atoms with Gasteiger partial charge in [-0.15, -0.1) is 0 Å². The predicted molar refractivity (Wildman–Crippen MR) is 43.6 cm³/mol. The molecule has 0 saturated carbocycles. The number of rotatable bonds is 4. The summed E-state index contributed by atoms with van der Waals surface area (Å²) in [5.41, 5.74) is 5.28. The van der Waals surface area contributed by atoms with Crippen molar-refractivity contribution in [3.05, 3.63) is 0 Å². The van der Waals surface area contributed by atoms with E-state index in [1.165, 1.54) is 0 Å². The summed E-state index contributed by atoms with van der Waals surface area (Å²) < 4.78 is 5.34. The lowest BCUT2D eigenvalue weighted by atomic mass is 9.96. The topological polar surface area (TPSA) is 35.2 Å². The molecule has 0 aliphatic rings. The molecule has 0 aliphatic carbocycles. The van der Waals surface area contributed by atoms with E-state index in [9.17, 15) is 0 Å². The molecule has 0 aliphatic heterocycles. The van der Waals surface area contributed by atoms with E-state index in [4.69, 9.17) is 10.5 Å². The third kappa shape index (κ3) is 3.18. The van der Waals surface area contributed by atoms with Crippen molar-refractivity contribution < 1.29 is 4.74 Å². The van der Waals surface area contributed by atoms with Gasteiger partial charge in [0.1, 0.15) is 0 Å². The molecule has 2 nitrogen and oxygen atoms in total. The van der Waals surface area contributed by atoms with Gasteiger partial charge in [-0.25, -0.2) is 0 Å². The fourth-order valence-electron chi connectivity index (χ4n) is 1.27. The second-order valence-corrected chi connectivity index (χ2v) is 3.29. The van der Waals surface area contributed by atoms with Crippen molar-refractivity contribution >= 4 is 0 Å². The van der Waals surface area contributed by atoms with Crippen LogP contribution in [0.2, 0.25) is 0 Å². The molecule has 0 heterocycles. The monoisotopic (exact) mass is 145 g/mol. The summed E-state index contributed by atoms with van der Waals surface area (Å²) >= 11 is 0. The quantitative estimate of drug-likeness (QED) is 0.610. The zero-order valence-electron chi connectivity index (χ0n) is 7.42. The minimum absolute atomic E-state index is 0.310. The first kappa shape index (κ1) is 9.92. The largest absolute Gasteiger partial charge is 0.363 e. The summed E-state index contributed by atoms with van der Waals surface area (Å²) in [6.45, 7) is 8.95. The molecular formula is C8H19NO. The van der Waals surface area contributed by atoms with Crippen LogP contribution in [0.3, 0.4) is 0 Å². The number of nitrogens with two attached hydrogens (primary N) is 1. The fourth-order valence-corrected chi connectivity index (χ4v) is 1.27. The van der Waals surface area contributed by atoms with Crippen molar-refractivity contribution in [3.63, 3.8) is 0 Å². The summed E-state index contributed by atoms with van der Waals surface area (Å²) in [4.78, 5) is 0. The third-order valence-corrected chi connectivity index (χ3v) is 1.60. The van der Waals surface area contributed by atoms with Crippen molar-refractivity contribution in [1.29, 1.82) is 0 Å². The van der Waals surface area contributed by atoms with Gasteiger partial charge in [0.25, 0.3) is 0 Å². The Kier molecular flexibility index (Phi) is 4.65. The Bertz CT molecular complexity index is 73.3. The fraction of sp³-hybridized carbons (Fsp3) is 1.00. The molecule has 62 valence electrons.